The van der Waals surface area contributed by atoms with Crippen molar-refractivity contribution in [2.45, 2.75) is 45.7 Å². The highest BCUT2D eigenvalue weighted by atomic mass is 16.4. The minimum atomic E-state index is -0.819. The van der Waals surface area contributed by atoms with Crippen molar-refractivity contribution in [3.05, 3.63) is 70.3 Å². The molecule has 0 aromatic heterocycles. The molecule has 3 heteroatoms. The molecule has 1 unspecified atom stereocenters. The van der Waals surface area contributed by atoms with Gasteiger partial charge in [0.15, 0.2) is 0 Å². The number of rotatable bonds is 6. The van der Waals surface area contributed by atoms with Gasteiger partial charge >= 0.3 is 5.97 Å². The van der Waals surface area contributed by atoms with Crippen LogP contribution >= 0.6 is 0 Å². The molecule has 0 bridgehead atoms. The Bertz CT molecular complexity index is 839. The topological polar surface area (TPSA) is 49.3 Å². The summed E-state index contributed by atoms with van der Waals surface area (Å²) in [7, 11) is 0. The van der Waals surface area contributed by atoms with Gasteiger partial charge in [-0.3, -0.25) is 4.79 Å². The average molecular weight is 347 g/mol. The van der Waals surface area contributed by atoms with Crippen LogP contribution in [0.4, 0.5) is 0 Å². The highest BCUT2D eigenvalue weighted by molar-refractivity contribution is 5.70. The van der Waals surface area contributed by atoms with Crippen LogP contribution in [-0.2, 0) is 17.8 Å². The highest BCUT2D eigenvalue weighted by Gasteiger charge is 2.27. The summed E-state index contributed by atoms with van der Waals surface area (Å²) in [5.74, 6) is 6.39. The number of aryl methyl sites for hydroxylation is 1. The van der Waals surface area contributed by atoms with Crippen LogP contribution in [0.2, 0.25) is 0 Å². The number of carbonyl (C=O) groups is 1. The van der Waals surface area contributed by atoms with Gasteiger partial charge in [0, 0.05) is 23.7 Å². The summed E-state index contributed by atoms with van der Waals surface area (Å²) in [5.41, 5.74) is 5.25. The molecule has 26 heavy (non-hydrogen) atoms. The van der Waals surface area contributed by atoms with Crippen molar-refractivity contribution < 1.29 is 9.90 Å². The molecular formula is C23H25NO2. The van der Waals surface area contributed by atoms with Crippen molar-refractivity contribution in [1.29, 1.82) is 0 Å². The van der Waals surface area contributed by atoms with Gasteiger partial charge in [-0.1, -0.05) is 30.0 Å². The molecule has 0 heterocycles. The predicted octanol–water partition coefficient (Wildman–Crippen LogP) is 3.91. The Labute approximate surface area is 155 Å². The predicted molar refractivity (Wildman–Crippen MR) is 104 cm³/mol. The molecular weight excluding hydrogens is 322 g/mol. The smallest absolute Gasteiger partial charge is 0.307 e. The summed E-state index contributed by atoms with van der Waals surface area (Å²) in [6.45, 7) is 5.31. The zero-order valence-corrected chi connectivity index (χ0v) is 15.4. The van der Waals surface area contributed by atoms with Crippen molar-refractivity contribution in [2.24, 2.45) is 5.92 Å². The van der Waals surface area contributed by atoms with E-state index in [9.17, 15) is 4.79 Å². The highest BCUT2D eigenvalue weighted by Crippen LogP contribution is 2.32. The van der Waals surface area contributed by atoms with E-state index >= 15 is 0 Å². The Kier molecular flexibility index (Phi) is 5.75. The minimum absolute atomic E-state index is 0.0434. The van der Waals surface area contributed by atoms with E-state index in [0.29, 0.717) is 6.04 Å². The lowest BCUT2D eigenvalue weighted by atomic mass is 10.0. The fourth-order valence-corrected chi connectivity index (χ4v) is 3.03. The standard InChI is InChI=1S/C23H25NO2/c1-16-13-19(9-10-22(16)15-24-17(2)21-11-12-21)6-3-18-4-7-20(8-5-18)14-23(25)26/h4-5,7-10,13,17,21,24H,11-12,14-15H2,1-2H3,(H,25,26). The van der Waals surface area contributed by atoms with Crippen molar-refractivity contribution >= 4 is 5.97 Å². The molecule has 3 rings (SSSR count). The SMILES string of the molecule is Cc1cc(C#Cc2ccc(CC(=O)O)cc2)ccc1CNC(C)C1CC1. The van der Waals surface area contributed by atoms with Crippen molar-refractivity contribution in [3.63, 3.8) is 0 Å². The molecule has 0 spiro atoms. The number of benzene rings is 2. The zero-order valence-electron chi connectivity index (χ0n) is 15.4. The van der Waals surface area contributed by atoms with E-state index in [2.05, 4.69) is 49.2 Å². The quantitative estimate of drug-likeness (QED) is 0.779. The normalized spacial score (nSPS) is 14.4. The molecule has 2 N–H and O–H groups in total. The summed E-state index contributed by atoms with van der Waals surface area (Å²) in [6.07, 6.45) is 2.76. The van der Waals surface area contributed by atoms with Crippen LogP contribution in [0.15, 0.2) is 42.5 Å². The first-order valence-corrected chi connectivity index (χ1v) is 9.17. The first-order valence-electron chi connectivity index (χ1n) is 9.17. The van der Waals surface area contributed by atoms with Crippen LogP contribution in [-0.4, -0.2) is 17.1 Å². The minimum Gasteiger partial charge on any atom is -0.481 e. The third-order valence-corrected chi connectivity index (χ3v) is 4.95. The number of carboxylic acid groups (broad SMARTS) is 1. The Hall–Kier alpha value is -2.57. The fraction of sp³-hybridized carbons (Fsp3) is 0.348. The molecule has 0 saturated heterocycles. The van der Waals surface area contributed by atoms with Gasteiger partial charge in [0.25, 0.3) is 0 Å². The van der Waals surface area contributed by atoms with Crippen molar-refractivity contribution in [3.8, 4) is 11.8 Å². The van der Waals surface area contributed by atoms with E-state index in [-0.39, 0.29) is 6.42 Å². The van der Waals surface area contributed by atoms with Gasteiger partial charge in [-0.15, -0.1) is 0 Å². The lowest BCUT2D eigenvalue weighted by Gasteiger charge is -2.14. The van der Waals surface area contributed by atoms with E-state index in [1.807, 2.05) is 24.3 Å². The van der Waals surface area contributed by atoms with Crippen LogP contribution < -0.4 is 5.32 Å². The molecule has 1 saturated carbocycles. The molecule has 2 aromatic rings. The van der Waals surface area contributed by atoms with Crippen LogP contribution in [0.25, 0.3) is 0 Å². The summed E-state index contributed by atoms with van der Waals surface area (Å²) < 4.78 is 0. The Morgan fingerprint density at radius 3 is 2.42 bits per heavy atom. The van der Waals surface area contributed by atoms with Crippen LogP contribution in [0, 0.1) is 24.7 Å². The fourth-order valence-electron chi connectivity index (χ4n) is 3.03. The third kappa shape index (κ3) is 5.21. The van der Waals surface area contributed by atoms with Gasteiger partial charge in [0.05, 0.1) is 6.42 Å². The number of hydrogen-bond acceptors (Lipinski definition) is 2. The van der Waals surface area contributed by atoms with Gasteiger partial charge in [0.1, 0.15) is 0 Å². The van der Waals surface area contributed by atoms with Crippen molar-refractivity contribution in [1.82, 2.24) is 5.32 Å². The lowest BCUT2D eigenvalue weighted by Crippen LogP contribution is -2.27. The average Bonchev–Trinajstić information content (AvgIpc) is 3.45. The monoisotopic (exact) mass is 347 g/mol. The number of aliphatic carboxylic acids is 1. The Morgan fingerprint density at radius 2 is 1.81 bits per heavy atom. The number of carboxylic acids is 1. The Balaban J connectivity index is 1.62. The number of hydrogen-bond donors (Lipinski definition) is 2. The van der Waals surface area contributed by atoms with Gasteiger partial charge in [-0.25, -0.2) is 0 Å². The molecule has 0 radical (unpaired) electrons. The summed E-state index contributed by atoms with van der Waals surface area (Å²) in [4.78, 5) is 10.7. The molecule has 3 nitrogen and oxygen atoms in total. The van der Waals surface area contributed by atoms with E-state index in [0.717, 1.165) is 29.2 Å². The van der Waals surface area contributed by atoms with E-state index < -0.39 is 5.97 Å². The van der Waals surface area contributed by atoms with E-state index in [1.54, 1.807) is 0 Å². The molecule has 2 aromatic carbocycles. The van der Waals surface area contributed by atoms with Gasteiger partial charge in [0.2, 0.25) is 0 Å². The zero-order chi connectivity index (χ0) is 18.5. The van der Waals surface area contributed by atoms with Gasteiger partial charge in [-0.2, -0.15) is 0 Å². The second kappa shape index (κ2) is 8.21. The summed E-state index contributed by atoms with van der Waals surface area (Å²) in [5, 5.41) is 12.4. The third-order valence-electron chi connectivity index (χ3n) is 4.95. The molecule has 0 amide bonds. The molecule has 134 valence electrons. The summed E-state index contributed by atoms with van der Waals surface area (Å²) >= 11 is 0. The molecule has 1 fully saturated rings. The molecule has 1 atom stereocenters. The Morgan fingerprint density at radius 1 is 1.15 bits per heavy atom. The second-order valence-electron chi connectivity index (χ2n) is 7.17. The molecule has 0 aliphatic heterocycles. The number of nitrogens with one attached hydrogen (secondary N) is 1. The molecule has 1 aliphatic carbocycles. The van der Waals surface area contributed by atoms with Crippen LogP contribution in [0.5, 0.6) is 0 Å². The van der Waals surface area contributed by atoms with Crippen molar-refractivity contribution in [2.75, 3.05) is 0 Å². The first kappa shape index (κ1) is 18.2. The molecule has 1 aliphatic rings. The van der Waals surface area contributed by atoms with E-state index in [4.69, 9.17) is 5.11 Å². The van der Waals surface area contributed by atoms with Crippen LogP contribution in [0.1, 0.15) is 47.6 Å². The largest absolute Gasteiger partial charge is 0.481 e. The first-order chi connectivity index (χ1) is 12.5. The second-order valence-corrected chi connectivity index (χ2v) is 7.17. The maximum atomic E-state index is 10.7. The lowest BCUT2D eigenvalue weighted by molar-refractivity contribution is -0.136. The van der Waals surface area contributed by atoms with Gasteiger partial charge < -0.3 is 10.4 Å². The van der Waals surface area contributed by atoms with E-state index in [1.165, 1.54) is 24.0 Å². The maximum absolute atomic E-state index is 10.7. The summed E-state index contributed by atoms with van der Waals surface area (Å²) in [6, 6.07) is 14.3. The van der Waals surface area contributed by atoms with Crippen LogP contribution in [0.3, 0.4) is 0 Å². The maximum Gasteiger partial charge on any atom is 0.307 e. The van der Waals surface area contributed by atoms with Gasteiger partial charge in [-0.05, 0) is 73.6 Å².